The minimum atomic E-state index is -1.83. The zero-order valence-corrected chi connectivity index (χ0v) is 17.2. The summed E-state index contributed by atoms with van der Waals surface area (Å²) in [6.07, 6.45) is 2.18. The minimum Gasteiger partial charge on any atom is -0.444 e. The van der Waals surface area contributed by atoms with Gasteiger partial charge in [-0.2, -0.15) is 0 Å². The second-order valence-electron chi connectivity index (χ2n) is 9.31. The number of amides is 1. The molecule has 1 fully saturated rings. The second-order valence-corrected chi connectivity index (χ2v) is 14.1. The maximum Gasteiger partial charge on any atom is 0.407 e. The van der Waals surface area contributed by atoms with E-state index in [1.54, 1.807) is 0 Å². The van der Waals surface area contributed by atoms with E-state index < -0.39 is 13.9 Å². The molecule has 1 rings (SSSR count). The van der Waals surface area contributed by atoms with Crippen molar-refractivity contribution in [2.45, 2.75) is 103 Å². The van der Waals surface area contributed by atoms with Crippen LogP contribution in [0.15, 0.2) is 0 Å². The predicted molar refractivity (Wildman–Crippen MR) is 97.1 cm³/mol. The van der Waals surface area contributed by atoms with Crippen LogP contribution in [0.3, 0.4) is 0 Å². The van der Waals surface area contributed by atoms with Crippen molar-refractivity contribution in [1.29, 1.82) is 0 Å². The first-order valence-electron chi connectivity index (χ1n) is 8.62. The van der Waals surface area contributed by atoms with E-state index in [9.17, 15) is 4.79 Å². The van der Waals surface area contributed by atoms with Gasteiger partial charge in [0.05, 0.1) is 0 Å². The Kier molecular flexibility index (Phi) is 6.32. The van der Waals surface area contributed by atoms with Crippen molar-refractivity contribution >= 4 is 14.4 Å². The van der Waals surface area contributed by atoms with Gasteiger partial charge in [0.15, 0.2) is 8.32 Å². The summed E-state index contributed by atoms with van der Waals surface area (Å²) in [4.78, 5) is 12.0. The van der Waals surface area contributed by atoms with Crippen LogP contribution in [0.4, 0.5) is 4.79 Å². The van der Waals surface area contributed by atoms with Crippen molar-refractivity contribution in [1.82, 2.24) is 5.32 Å². The zero-order valence-electron chi connectivity index (χ0n) is 16.2. The highest BCUT2D eigenvalue weighted by molar-refractivity contribution is 6.74. The van der Waals surface area contributed by atoms with Crippen molar-refractivity contribution in [2.75, 3.05) is 0 Å². The molecule has 5 nitrogen and oxygen atoms in total. The Morgan fingerprint density at radius 2 is 1.65 bits per heavy atom. The summed E-state index contributed by atoms with van der Waals surface area (Å²) in [7, 11) is -1.83. The van der Waals surface area contributed by atoms with E-state index in [0.29, 0.717) is 0 Å². The van der Waals surface area contributed by atoms with Crippen LogP contribution in [0.5, 0.6) is 0 Å². The maximum absolute atomic E-state index is 12.0. The van der Waals surface area contributed by atoms with Crippen LogP contribution in [0.25, 0.3) is 0 Å². The Bertz CT molecular complexity index is 413. The summed E-state index contributed by atoms with van der Waals surface area (Å²) in [5.41, 5.74) is 5.70. The molecule has 1 amide bonds. The molecule has 0 heterocycles. The summed E-state index contributed by atoms with van der Waals surface area (Å²) < 4.78 is 11.8. The lowest BCUT2D eigenvalue weighted by atomic mass is 9.89. The molecular formula is C17H36N2O3Si. The largest absolute Gasteiger partial charge is 0.444 e. The Morgan fingerprint density at radius 1 is 1.09 bits per heavy atom. The van der Waals surface area contributed by atoms with Gasteiger partial charge >= 0.3 is 6.09 Å². The number of hydrogen-bond acceptors (Lipinski definition) is 4. The van der Waals surface area contributed by atoms with Crippen LogP contribution in [-0.4, -0.2) is 38.2 Å². The van der Waals surface area contributed by atoms with Gasteiger partial charge in [0.25, 0.3) is 0 Å². The number of nitrogens with one attached hydrogen (secondary N) is 1. The van der Waals surface area contributed by atoms with Crippen LogP contribution in [0.2, 0.25) is 18.1 Å². The van der Waals surface area contributed by atoms with Gasteiger partial charge in [-0.25, -0.2) is 4.79 Å². The topological polar surface area (TPSA) is 73.6 Å². The van der Waals surface area contributed by atoms with Crippen LogP contribution < -0.4 is 11.1 Å². The van der Waals surface area contributed by atoms with Crippen molar-refractivity contribution in [3.8, 4) is 0 Å². The first-order chi connectivity index (χ1) is 10.2. The molecule has 6 heteroatoms. The van der Waals surface area contributed by atoms with Crippen LogP contribution in [0, 0.1) is 0 Å². The van der Waals surface area contributed by atoms with E-state index in [0.717, 1.165) is 19.3 Å². The summed E-state index contributed by atoms with van der Waals surface area (Å²) in [6, 6.07) is 0.0711. The van der Waals surface area contributed by atoms with E-state index >= 15 is 0 Å². The highest BCUT2D eigenvalue weighted by Gasteiger charge is 2.41. The summed E-state index contributed by atoms with van der Waals surface area (Å²) in [5.74, 6) is 0. The molecule has 0 aromatic rings. The Balaban J connectivity index is 2.64. The molecular weight excluding hydrogens is 308 g/mol. The van der Waals surface area contributed by atoms with Gasteiger partial charge in [0.1, 0.15) is 5.60 Å². The lowest BCUT2D eigenvalue weighted by Gasteiger charge is -2.42. The molecule has 0 aromatic carbocycles. The van der Waals surface area contributed by atoms with Gasteiger partial charge < -0.3 is 20.2 Å². The molecule has 0 saturated heterocycles. The molecule has 136 valence electrons. The fourth-order valence-corrected chi connectivity index (χ4v) is 3.97. The van der Waals surface area contributed by atoms with Crippen molar-refractivity contribution < 1.29 is 14.0 Å². The monoisotopic (exact) mass is 344 g/mol. The van der Waals surface area contributed by atoms with Crippen molar-refractivity contribution in [3.05, 3.63) is 0 Å². The zero-order chi connectivity index (χ0) is 18.1. The van der Waals surface area contributed by atoms with E-state index in [1.807, 2.05) is 20.8 Å². The summed E-state index contributed by atoms with van der Waals surface area (Å²) in [5, 5.41) is 3.12. The smallest absolute Gasteiger partial charge is 0.407 e. The second kappa shape index (κ2) is 7.11. The highest BCUT2D eigenvalue weighted by atomic mass is 28.4. The van der Waals surface area contributed by atoms with Crippen LogP contribution >= 0.6 is 0 Å². The molecule has 0 aliphatic heterocycles. The third kappa shape index (κ3) is 6.81. The standard InChI is InChI=1S/C17H36N2O3Si/c1-16(2,3)21-15(20)19-13-9-12(18)10-14(11-13)22-23(7,8)17(4,5)6/h12-14H,9-11,18H2,1-8H3,(H,19,20). The molecule has 3 unspecified atom stereocenters. The Morgan fingerprint density at radius 3 is 2.13 bits per heavy atom. The quantitative estimate of drug-likeness (QED) is 0.764. The van der Waals surface area contributed by atoms with Crippen molar-refractivity contribution in [3.63, 3.8) is 0 Å². The average molecular weight is 345 g/mol. The first kappa shape index (κ1) is 20.5. The van der Waals surface area contributed by atoms with E-state index in [4.69, 9.17) is 14.9 Å². The number of carbonyl (C=O) groups excluding carboxylic acids is 1. The van der Waals surface area contributed by atoms with Gasteiger partial charge in [-0.1, -0.05) is 20.8 Å². The van der Waals surface area contributed by atoms with Gasteiger partial charge in [-0.3, -0.25) is 0 Å². The lowest BCUT2D eigenvalue weighted by Crippen LogP contribution is -2.52. The number of carbonyl (C=O) groups is 1. The highest BCUT2D eigenvalue weighted by Crippen LogP contribution is 2.39. The van der Waals surface area contributed by atoms with E-state index in [1.165, 1.54) is 0 Å². The molecule has 1 aliphatic carbocycles. The fraction of sp³-hybridized carbons (Fsp3) is 0.941. The summed E-state index contributed by atoms with van der Waals surface area (Å²) in [6.45, 7) is 16.8. The SMILES string of the molecule is CC(C)(C)OC(=O)NC1CC(N)CC(O[Si](C)(C)C(C)(C)C)C1. The number of hydrogen-bond donors (Lipinski definition) is 2. The molecule has 0 radical (unpaired) electrons. The van der Waals surface area contributed by atoms with Gasteiger partial charge in [0, 0.05) is 18.2 Å². The molecule has 0 spiro atoms. The lowest BCUT2D eigenvalue weighted by molar-refractivity contribution is 0.0447. The molecule has 1 saturated carbocycles. The molecule has 23 heavy (non-hydrogen) atoms. The normalized spacial score (nSPS) is 26.7. The third-order valence-corrected chi connectivity index (χ3v) is 9.22. The van der Waals surface area contributed by atoms with Gasteiger partial charge in [-0.05, 0) is 58.2 Å². The van der Waals surface area contributed by atoms with Crippen molar-refractivity contribution in [2.24, 2.45) is 5.73 Å². The Labute approximate surface area is 142 Å². The molecule has 0 aromatic heterocycles. The van der Waals surface area contributed by atoms with E-state index in [2.05, 4.69) is 39.2 Å². The van der Waals surface area contributed by atoms with Gasteiger partial charge in [0.2, 0.25) is 0 Å². The fourth-order valence-electron chi connectivity index (χ4n) is 2.59. The van der Waals surface area contributed by atoms with Crippen LogP contribution in [-0.2, 0) is 9.16 Å². The number of alkyl carbamates (subject to hydrolysis) is 1. The molecule has 3 N–H and O–H groups in total. The number of nitrogens with two attached hydrogens (primary N) is 1. The summed E-state index contributed by atoms with van der Waals surface area (Å²) >= 11 is 0. The maximum atomic E-state index is 12.0. The third-order valence-electron chi connectivity index (χ3n) is 4.69. The first-order valence-corrected chi connectivity index (χ1v) is 11.5. The Hall–Kier alpha value is -0.593. The van der Waals surface area contributed by atoms with Crippen LogP contribution in [0.1, 0.15) is 60.8 Å². The van der Waals surface area contributed by atoms with Gasteiger partial charge in [-0.15, -0.1) is 0 Å². The number of rotatable bonds is 3. The average Bonchev–Trinajstić information content (AvgIpc) is 2.21. The predicted octanol–water partition coefficient (Wildman–Crippen LogP) is 3.78. The minimum absolute atomic E-state index is 0.0170. The molecule has 1 aliphatic rings. The molecule has 3 atom stereocenters. The molecule has 0 bridgehead atoms. The van der Waals surface area contributed by atoms with E-state index in [-0.39, 0.29) is 29.3 Å². The number of ether oxygens (including phenoxy) is 1.